The molecular weight excluding hydrogens is 1150 g/mol. The standard InChI is InChI=1S/C59H79N9O16S2/c1-7-55(80)28-34-29-58(53(78)83-6,46-36(15-20-67(31-34)32-55)35-13-9-10-14-39(35)62-46)38-25-37-42(27-43(38)82-5)66(4)50-57(37)18-21-68-19-11-17-56(8-2,49(57)68)51(76)59(50,81)52(77)64-65-54(79)84-22-12-23-85-86-24-16-44(70)60-30-41(48(74)75)63-47(73)40(26-45(71)72)61-33(3)69/h9-11,13-14,17,25,27,34,40-41,49-51,62,76,80-81H,7-8,12,15-16,18-24,26,28-32H2,1-6H3,(H,60,70)(H,61,69)(H,63,73)(H,64,77)(H,65,79)(H,71,72)(H,74,75)/t34-,40+,41+,49+,50-,51-,55+,56-,57-,58+,59+/m1/s1. The van der Waals surface area contributed by atoms with Gasteiger partial charge in [-0.25, -0.2) is 15.0 Å². The van der Waals surface area contributed by atoms with Crippen LogP contribution in [0.3, 0.4) is 0 Å². The minimum atomic E-state index is -2.60. The minimum absolute atomic E-state index is 0.0212. The molecule has 5 amide bonds. The molecule has 2 bridgehead atoms. The molecule has 2 aromatic carbocycles. The van der Waals surface area contributed by atoms with Crippen molar-refractivity contribution in [3.05, 3.63) is 70.9 Å². The van der Waals surface area contributed by atoms with Crippen LogP contribution in [0.25, 0.3) is 10.9 Å². The van der Waals surface area contributed by atoms with Gasteiger partial charge >= 0.3 is 24.0 Å². The zero-order chi connectivity index (χ0) is 62.1. The van der Waals surface area contributed by atoms with Crippen LogP contribution < -0.4 is 36.4 Å². The van der Waals surface area contributed by atoms with Gasteiger partial charge in [-0.15, -0.1) is 0 Å². The van der Waals surface area contributed by atoms with Gasteiger partial charge in [0, 0.05) is 115 Å². The van der Waals surface area contributed by atoms with Crippen LogP contribution >= 0.6 is 21.6 Å². The Kier molecular flexibility index (Phi) is 19.0. The highest BCUT2D eigenvalue weighted by atomic mass is 33.1. The number of aromatic nitrogens is 1. The second-order valence-corrected chi connectivity index (χ2v) is 26.3. The first-order valence-electron chi connectivity index (χ1n) is 29.2. The fourth-order valence-corrected chi connectivity index (χ4v) is 17.3. The summed E-state index contributed by atoms with van der Waals surface area (Å²) in [6.07, 6.45) is 3.26. The first-order chi connectivity index (χ1) is 41.0. The van der Waals surface area contributed by atoms with Gasteiger partial charge in [0.25, 0.3) is 5.91 Å². The Balaban J connectivity index is 0.910. The summed E-state index contributed by atoms with van der Waals surface area (Å²) in [5.41, 5.74) is 1.67. The molecule has 86 heavy (non-hydrogen) atoms. The van der Waals surface area contributed by atoms with Crippen LogP contribution in [0.2, 0.25) is 0 Å². The van der Waals surface area contributed by atoms with Crippen molar-refractivity contribution in [1.82, 2.24) is 41.6 Å². The number of para-hydroxylation sites is 1. The maximum absolute atomic E-state index is 15.5. The molecule has 5 aliphatic heterocycles. The molecular formula is C59H79N9O16S2. The summed E-state index contributed by atoms with van der Waals surface area (Å²) in [4.78, 5) is 113. The number of piperidine rings is 1. The Labute approximate surface area is 505 Å². The lowest BCUT2D eigenvalue weighted by molar-refractivity contribution is -0.204. The van der Waals surface area contributed by atoms with Gasteiger partial charge in [-0.05, 0) is 80.7 Å². The highest BCUT2D eigenvalue weighted by Crippen LogP contribution is 2.67. The number of ether oxygens (including phenoxy) is 3. The topological polar surface area (TPSA) is 351 Å². The van der Waals surface area contributed by atoms with Crippen molar-refractivity contribution in [2.24, 2.45) is 11.3 Å². The number of H-pyrrole nitrogens is 1. The lowest BCUT2D eigenvalue weighted by Crippen LogP contribution is -2.82. The van der Waals surface area contributed by atoms with E-state index in [2.05, 4.69) is 47.7 Å². The number of likely N-dealkylation sites (N-methyl/N-ethyl adjacent to an activating group) is 1. The third-order valence-corrected chi connectivity index (χ3v) is 21.3. The van der Waals surface area contributed by atoms with E-state index in [0.717, 1.165) is 29.0 Å². The van der Waals surface area contributed by atoms with E-state index in [4.69, 9.17) is 19.3 Å². The predicted octanol–water partition coefficient (Wildman–Crippen LogP) is 1.83. The smallest absolute Gasteiger partial charge is 0.426 e. The number of amides is 5. The van der Waals surface area contributed by atoms with Gasteiger partial charge in [0.2, 0.25) is 17.7 Å². The van der Waals surface area contributed by atoms with Crippen LogP contribution in [0.15, 0.2) is 48.6 Å². The number of esters is 1. The molecule has 2 saturated heterocycles. The summed E-state index contributed by atoms with van der Waals surface area (Å²) in [7, 11) is 7.41. The van der Waals surface area contributed by atoms with Crippen LogP contribution in [-0.2, 0) is 60.3 Å². The number of nitrogens with one attached hydrogen (secondary N) is 6. The Bertz CT molecular complexity index is 3150. The Morgan fingerprint density at radius 1 is 0.907 bits per heavy atom. The fraction of sp³-hybridized carbons (Fsp3) is 0.593. The first-order valence-corrected chi connectivity index (χ1v) is 31.6. The minimum Gasteiger partial charge on any atom is -0.496 e. The van der Waals surface area contributed by atoms with E-state index in [1.807, 2.05) is 61.2 Å². The highest BCUT2D eigenvalue weighted by Gasteiger charge is 2.79. The van der Waals surface area contributed by atoms with Crippen molar-refractivity contribution < 1.29 is 78.1 Å². The summed E-state index contributed by atoms with van der Waals surface area (Å²) in [5, 5.41) is 64.9. The molecule has 11 N–H and O–H groups in total. The van der Waals surface area contributed by atoms with Gasteiger partial charge in [-0.3, -0.25) is 44.0 Å². The third kappa shape index (κ3) is 11.5. The first kappa shape index (κ1) is 63.9. The molecule has 1 aliphatic carbocycles. The maximum Gasteiger partial charge on any atom is 0.426 e. The summed E-state index contributed by atoms with van der Waals surface area (Å²) in [5.74, 6) is -5.76. The quantitative estimate of drug-likeness (QED) is 0.0225. The van der Waals surface area contributed by atoms with Crippen molar-refractivity contribution in [1.29, 1.82) is 0 Å². The number of fused-ring (bicyclic) bond motifs is 6. The Morgan fingerprint density at radius 3 is 2.36 bits per heavy atom. The number of hydrazine groups is 1. The van der Waals surface area contributed by atoms with E-state index in [1.165, 1.54) is 28.7 Å². The average molecular weight is 1230 g/mol. The van der Waals surface area contributed by atoms with E-state index in [0.29, 0.717) is 105 Å². The van der Waals surface area contributed by atoms with Gasteiger partial charge in [0.1, 0.15) is 29.4 Å². The number of aromatic amines is 1. The number of hydrogen-bond donors (Lipinski definition) is 11. The van der Waals surface area contributed by atoms with Crippen LogP contribution in [-0.4, -0.2) is 208 Å². The number of hydrogen-bond acceptors (Lipinski definition) is 19. The molecule has 0 radical (unpaired) electrons. The van der Waals surface area contributed by atoms with E-state index in [9.17, 15) is 49.2 Å². The van der Waals surface area contributed by atoms with E-state index in [-0.39, 0.29) is 25.4 Å². The van der Waals surface area contributed by atoms with Gasteiger partial charge < -0.3 is 65.6 Å². The van der Waals surface area contributed by atoms with Crippen LogP contribution in [0.1, 0.15) is 94.5 Å². The summed E-state index contributed by atoms with van der Waals surface area (Å²) in [6, 6.07) is 7.14. The fourth-order valence-electron chi connectivity index (χ4n) is 15.2. The second-order valence-electron chi connectivity index (χ2n) is 23.6. The van der Waals surface area contributed by atoms with Crippen molar-refractivity contribution in [2.75, 3.05) is 83.5 Å². The molecule has 1 spiro atoms. The summed E-state index contributed by atoms with van der Waals surface area (Å²) >= 11 is 0. The number of carboxylic acids is 2. The van der Waals surface area contributed by atoms with Crippen molar-refractivity contribution in [3.63, 3.8) is 0 Å². The van der Waals surface area contributed by atoms with Gasteiger partial charge in [-0.1, -0.05) is 65.8 Å². The molecule has 25 nitrogen and oxygen atoms in total. The lowest BCUT2D eigenvalue weighted by atomic mass is 9.47. The number of aliphatic carboxylic acids is 2. The van der Waals surface area contributed by atoms with Crippen LogP contribution in [0, 0.1) is 11.3 Å². The maximum atomic E-state index is 15.5. The Morgan fingerprint density at radius 2 is 1.66 bits per heavy atom. The number of benzene rings is 2. The van der Waals surface area contributed by atoms with E-state index in [1.54, 1.807) is 14.2 Å². The molecule has 468 valence electrons. The number of carboxylic acid groups (broad SMARTS) is 2. The zero-order valence-corrected chi connectivity index (χ0v) is 50.8. The number of methoxy groups -OCH3 is 2. The molecule has 27 heteroatoms. The molecule has 6 heterocycles. The van der Waals surface area contributed by atoms with Crippen molar-refractivity contribution >= 4 is 85.8 Å². The normalized spacial score (nSPS) is 29.5. The number of rotatable bonds is 22. The number of carbonyl (C=O) groups excluding carboxylic acids is 6. The number of nitrogens with zero attached hydrogens (tertiary/aromatic N) is 3. The van der Waals surface area contributed by atoms with Crippen molar-refractivity contribution in [3.8, 4) is 5.75 Å². The number of anilines is 1. The molecule has 1 aromatic heterocycles. The van der Waals surface area contributed by atoms with Crippen LogP contribution in [0.4, 0.5) is 10.5 Å². The molecule has 1 unspecified atom stereocenters. The van der Waals surface area contributed by atoms with Gasteiger partial charge in [0.15, 0.2) is 5.60 Å². The highest BCUT2D eigenvalue weighted by molar-refractivity contribution is 8.76. The third-order valence-electron chi connectivity index (χ3n) is 18.8. The average Bonchev–Trinajstić information content (AvgIpc) is 1.44. The Hall–Kier alpha value is -6.62. The summed E-state index contributed by atoms with van der Waals surface area (Å²) < 4.78 is 17.7. The second kappa shape index (κ2) is 25.6. The van der Waals surface area contributed by atoms with E-state index < -0.39 is 118 Å². The molecule has 3 aromatic rings. The molecule has 6 aliphatic rings. The molecule has 9 rings (SSSR count). The number of carbonyl (C=O) groups is 8. The zero-order valence-electron chi connectivity index (χ0n) is 49.2. The number of aliphatic hydroxyl groups excluding tert-OH is 1. The monoisotopic (exact) mass is 1230 g/mol. The molecule has 12 atom stereocenters. The largest absolute Gasteiger partial charge is 0.496 e. The van der Waals surface area contributed by atoms with Gasteiger partial charge in [0.05, 0.1) is 38.9 Å². The predicted molar refractivity (Wildman–Crippen MR) is 318 cm³/mol. The van der Waals surface area contributed by atoms with E-state index >= 15 is 9.59 Å². The number of aliphatic hydroxyl groups is 3. The summed E-state index contributed by atoms with van der Waals surface area (Å²) in [6.45, 7) is 7.28. The SMILES string of the molecule is CC[C@]1(O)C[C@H]2CN(CCc3c([nH]c4ccccc34)[C@@](C(=O)OC)(c3cc4c(cc3OC)N(C)[C@H]3[C@@](O)(C(=O)NNC(=O)OCCCSSCCC(=O)NC[C@H](NC(=O)[C@H](CC(=O)O)NC(C)=O)C(=O)O)[C@H](O)[C@]5(CC)C=CCN6CC[C@]43[C@@H]65)C2)C1. The van der Waals surface area contributed by atoms with Crippen molar-refractivity contribution in [2.45, 2.75) is 131 Å². The van der Waals surface area contributed by atoms with Crippen LogP contribution in [0.5, 0.6) is 5.75 Å². The molecule has 3 fully saturated rings. The molecule has 1 saturated carbocycles. The lowest BCUT2D eigenvalue weighted by Gasteiger charge is -2.63. The van der Waals surface area contributed by atoms with Gasteiger partial charge in [-0.2, -0.15) is 0 Å².